The van der Waals surface area contributed by atoms with Crippen LogP contribution in [0, 0.1) is 6.92 Å². The highest BCUT2D eigenvalue weighted by molar-refractivity contribution is 5.94. The molecule has 0 atom stereocenters. The van der Waals surface area contributed by atoms with E-state index in [1.165, 1.54) is 0 Å². The second-order valence-corrected chi connectivity index (χ2v) is 5.09. The van der Waals surface area contributed by atoms with E-state index in [-0.39, 0.29) is 5.91 Å². The van der Waals surface area contributed by atoms with Gasteiger partial charge in [0.05, 0.1) is 11.3 Å². The predicted octanol–water partition coefficient (Wildman–Crippen LogP) is 1.56. The summed E-state index contributed by atoms with van der Waals surface area (Å²) in [5, 5.41) is 3.36. The Morgan fingerprint density at radius 3 is 2.56 bits per heavy atom. The summed E-state index contributed by atoms with van der Waals surface area (Å²) in [5.74, 6) is 0.560. The third kappa shape index (κ3) is 2.70. The number of aromatic nitrogens is 1. The lowest BCUT2D eigenvalue weighted by molar-refractivity contribution is 0.0826. The Morgan fingerprint density at radius 2 is 2.00 bits per heavy atom. The Bertz CT molecular complexity index is 437. The van der Waals surface area contributed by atoms with Crippen molar-refractivity contribution in [1.82, 2.24) is 15.2 Å². The first-order chi connectivity index (χ1) is 8.59. The largest absolute Gasteiger partial charge is 0.345 e. The number of hydrogen-bond donors (Lipinski definition) is 1. The van der Waals surface area contributed by atoms with Crippen LogP contribution in [0.25, 0.3) is 0 Å². The molecule has 0 spiro atoms. The zero-order valence-corrected chi connectivity index (χ0v) is 11.4. The molecule has 1 amide bonds. The highest BCUT2D eigenvalue weighted by atomic mass is 16.2. The zero-order chi connectivity index (χ0) is 13.1. The number of piperidine rings is 1. The fraction of sp³-hybridized carbons (Fsp3) is 0.571. The highest BCUT2D eigenvalue weighted by Gasteiger charge is 2.19. The van der Waals surface area contributed by atoms with Gasteiger partial charge in [-0.15, -0.1) is 0 Å². The standard InChI is InChI=1S/C14H21N3O/c1-10-12(14(18)17(2)3)4-5-13(16-10)11-6-8-15-9-7-11/h4-5,11,15H,6-9H2,1-3H3. The van der Waals surface area contributed by atoms with Gasteiger partial charge in [-0.05, 0) is 45.0 Å². The molecule has 1 aliphatic rings. The molecule has 0 aromatic carbocycles. The van der Waals surface area contributed by atoms with Gasteiger partial charge in [0.15, 0.2) is 0 Å². The molecular formula is C14H21N3O. The lowest BCUT2D eigenvalue weighted by Gasteiger charge is -2.23. The summed E-state index contributed by atoms with van der Waals surface area (Å²) in [6.07, 6.45) is 2.26. The van der Waals surface area contributed by atoms with E-state index in [0.29, 0.717) is 11.5 Å². The van der Waals surface area contributed by atoms with E-state index in [4.69, 9.17) is 0 Å². The normalized spacial score (nSPS) is 16.6. The second-order valence-electron chi connectivity index (χ2n) is 5.09. The molecule has 0 bridgehead atoms. The van der Waals surface area contributed by atoms with Gasteiger partial charge in [-0.2, -0.15) is 0 Å². The molecule has 1 N–H and O–H groups in total. The first-order valence-electron chi connectivity index (χ1n) is 6.49. The number of carbonyl (C=O) groups is 1. The van der Waals surface area contributed by atoms with Gasteiger partial charge in [0.2, 0.25) is 0 Å². The van der Waals surface area contributed by atoms with Crippen molar-refractivity contribution in [3.05, 3.63) is 29.1 Å². The quantitative estimate of drug-likeness (QED) is 0.862. The van der Waals surface area contributed by atoms with Gasteiger partial charge < -0.3 is 10.2 Å². The van der Waals surface area contributed by atoms with E-state index in [0.717, 1.165) is 37.3 Å². The molecule has 2 rings (SSSR count). The highest BCUT2D eigenvalue weighted by Crippen LogP contribution is 2.24. The molecule has 4 heteroatoms. The summed E-state index contributed by atoms with van der Waals surface area (Å²) < 4.78 is 0. The number of hydrogen-bond acceptors (Lipinski definition) is 3. The maximum atomic E-state index is 11.9. The fourth-order valence-corrected chi connectivity index (χ4v) is 2.39. The van der Waals surface area contributed by atoms with Gasteiger partial charge in [-0.3, -0.25) is 9.78 Å². The molecule has 1 aromatic rings. The third-order valence-corrected chi connectivity index (χ3v) is 3.50. The molecule has 2 heterocycles. The van der Waals surface area contributed by atoms with Crippen LogP contribution in [0.4, 0.5) is 0 Å². The van der Waals surface area contributed by atoms with E-state index in [1.807, 2.05) is 19.1 Å². The minimum atomic E-state index is 0.0249. The van der Waals surface area contributed by atoms with Crippen LogP contribution in [0.5, 0.6) is 0 Å². The Balaban J connectivity index is 2.21. The van der Waals surface area contributed by atoms with Crippen molar-refractivity contribution >= 4 is 5.91 Å². The summed E-state index contributed by atoms with van der Waals surface area (Å²) in [4.78, 5) is 18.1. The van der Waals surface area contributed by atoms with E-state index in [1.54, 1.807) is 19.0 Å². The zero-order valence-electron chi connectivity index (χ0n) is 11.4. The number of amides is 1. The summed E-state index contributed by atoms with van der Waals surface area (Å²) >= 11 is 0. The molecule has 1 aliphatic heterocycles. The first kappa shape index (κ1) is 13.0. The number of carbonyl (C=O) groups excluding carboxylic acids is 1. The van der Waals surface area contributed by atoms with E-state index in [9.17, 15) is 4.79 Å². The number of nitrogens with zero attached hydrogens (tertiary/aromatic N) is 2. The lowest BCUT2D eigenvalue weighted by Crippen LogP contribution is -2.27. The average molecular weight is 247 g/mol. The molecule has 18 heavy (non-hydrogen) atoms. The SMILES string of the molecule is Cc1nc(C2CCNCC2)ccc1C(=O)N(C)C. The van der Waals surface area contributed by atoms with Crippen LogP contribution in [0.15, 0.2) is 12.1 Å². The number of nitrogens with one attached hydrogen (secondary N) is 1. The van der Waals surface area contributed by atoms with Crippen molar-refractivity contribution in [2.45, 2.75) is 25.7 Å². The predicted molar refractivity (Wildman–Crippen MR) is 71.8 cm³/mol. The number of rotatable bonds is 2. The topological polar surface area (TPSA) is 45.2 Å². The molecule has 98 valence electrons. The van der Waals surface area contributed by atoms with Crippen molar-refractivity contribution < 1.29 is 4.79 Å². The minimum absolute atomic E-state index is 0.0249. The van der Waals surface area contributed by atoms with Crippen LogP contribution in [-0.2, 0) is 0 Å². The summed E-state index contributed by atoms with van der Waals surface area (Å²) in [6, 6.07) is 3.93. The van der Waals surface area contributed by atoms with E-state index >= 15 is 0 Å². The molecule has 0 unspecified atom stereocenters. The molecule has 1 saturated heterocycles. The van der Waals surface area contributed by atoms with Gasteiger partial charge in [-0.25, -0.2) is 0 Å². The van der Waals surface area contributed by atoms with Gasteiger partial charge in [-0.1, -0.05) is 0 Å². The molecule has 0 aliphatic carbocycles. The number of aryl methyl sites for hydroxylation is 1. The molecular weight excluding hydrogens is 226 g/mol. The number of pyridine rings is 1. The Morgan fingerprint density at radius 1 is 1.33 bits per heavy atom. The van der Waals surface area contributed by atoms with Crippen LogP contribution in [0.3, 0.4) is 0 Å². The summed E-state index contributed by atoms with van der Waals surface area (Å²) in [5.41, 5.74) is 2.67. The Labute approximate surface area is 108 Å². The van der Waals surface area contributed by atoms with Crippen LogP contribution >= 0.6 is 0 Å². The van der Waals surface area contributed by atoms with Crippen molar-refractivity contribution in [1.29, 1.82) is 0 Å². The second kappa shape index (κ2) is 5.48. The van der Waals surface area contributed by atoms with E-state index < -0.39 is 0 Å². The van der Waals surface area contributed by atoms with Gasteiger partial charge in [0.1, 0.15) is 0 Å². The van der Waals surface area contributed by atoms with E-state index in [2.05, 4.69) is 10.3 Å². The third-order valence-electron chi connectivity index (χ3n) is 3.50. The Kier molecular flexibility index (Phi) is 3.97. The van der Waals surface area contributed by atoms with Crippen molar-refractivity contribution in [3.63, 3.8) is 0 Å². The van der Waals surface area contributed by atoms with Crippen molar-refractivity contribution in [2.24, 2.45) is 0 Å². The van der Waals surface area contributed by atoms with Crippen LogP contribution in [0.1, 0.15) is 40.5 Å². The van der Waals surface area contributed by atoms with Crippen LogP contribution in [-0.4, -0.2) is 43.0 Å². The molecule has 1 aromatic heterocycles. The smallest absolute Gasteiger partial charge is 0.255 e. The first-order valence-corrected chi connectivity index (χ1v) is 6.49. The molecule has 0 radical (unpaired) electrons. The monoisotopic (exact) mass is 247 g/mol. The molecule has 1 fully saturated rings. The average Bonchev–Trinajstić information content (AvgIpc) is 2.38. The maximum Gasteiger partial charge on any atom is 0.255 e. The molecule has 4 nitrogen and oxygen atoms in total. The van der Waals surface area contributed by atoms with Crippen molar-refractivity contribution in [3.8, 4) is 0 Å². The maximum absolute atomic E-state index is 11.9. The Hall–Kier alpha value is -1.42. The minimum Gasteiger partial charge on any atom is -0.345 e. The fourth-order valence-electron chi connectivity index (χ4n) is 2.39. The van der Waals surface area contributed by atoms with Gasteiger partial charge in [0, 0.05) is 25.7 Å². The van der Waals surface area contributed by atoms with Gasteiger partial charge in [0.25, 0.3) is 5.91 Å². The lowest BCUT2D eigenvalue weighted by atomic mass is 9.93. The van der Waals surface area contributed by atoms with Crippen LogP contribution < -0.4 is 5.32 Å². The molecule has 0 saturated carbocycles. The van der Waals surface area contributed by atoms with Crippen LogP contribution in [0.2, 0.25) is 0 Å². The van der Waals surface area contributed by atoms with Gasteiger partial charge >= 0.3 is 0 Å². The van der Waals surface area contributed by atoms with Crippen molar-refractivity contribution in [2.75, 3.05) is 27.2 Å². The summed E-state index contributed by atoms with van der Waals surface area (Å²) in [7, 11) is 3.53. The summed E-state index contributed by atoms with van der Waals surface area (Å²) in [6.45, 7) is 4.04.